The number of hydrogen-bond donors (Lipinski definition) is 2. The maximum Gasteiger partial charge on any atom is 0.334 e. The van der Waals surface area contributed by atoms with Gasteiger partial charge in [-0.25, -0.2) is 32.3 Å². The van der Waals surface area contributed by atoms with E-state index in [2.05, 4.69) is 14.7 Å². The smallest absolute Gasteiger partial charge is 0.334 e. The summed E-state index contributed by atoms with van der Waals surface area (Å²) in [6, 6.07) is 4.51. The van der Waals surface area contributed by atoms with Crippen molar-refractivity contribution in [1.29, 1.82) is 0 Å². The number of imidazole rings is 1. The number of nitrogens with one attached hydrogen (secondary N) is 2. The second kappa shape index (κ2) is 9.62. The second-order valence-corrected chi connectivity index (χ2v) is 9.82. The molecule has 0 atom stereocenters. The number of benzene rings is 1. The Labute approximate surface area is 192 Å². The molecule has 11 heteroatoms. The molecule has 10 nitrogen and oxygen atoms in total. The summed E-state index contributed by atoms with van der Waals surface area (Å²) >= 11 is 0. The Bertz CT molecular complexity index is 1310. The van der Waals surface area contributed by atoms with E-state index in [0.717, 1.165) is 31.4 Å². The van der Waals surface area contributed by atoms with Gasteiger partial charge in [-0.15, -0.1) is 0 Å². The van der Waals surface area contributed by atoms with Gasteiger partial charge < -0.3 is 9.47 Å². The quantitative estimate of drug-likeness (QED) is 0.455. The molecule has 3 aromatic rings. The van der Waals surface area contributed by atoms with Gasteiger partial charge in [-0.05, 0) is 44.9 Å². The fourth-order valence-electron chi connectivity index (χ4n) is 4.29. The molecule has 0 bridgehead atoms. The average Bonchev–Trinajstić information content (AvgIpc) is 3.42. The number of nitrogens with zero attached hydrogens (tertiary/aromatic N) is 3. The number of ether oxygens (including phenoxy) is 2. The first-order chi connectivity index (χ1) is 15.9. The number of fused-ring (bicyclic) bond motifs is 1. The largest absolute Gasteiger partial charge is 0.493 e. The Balaban J connectivity index is 1.85. The van der Waals surface area contributed by atoms with Crippen LogP contribution in [0.4, 0.5) is 0 Å². The predicted octanol–water partition coefficient (Wildman–Crippen LogP) is 2.37. The Morgan fingerprint density at radius 2 is 2.00 bits per heavy atom. The second-order valence-electron chi connectivity index (χ2n) is 8.06. The van der Waals surface area contributed by atoms with Crippen molar-refractivity contribution in [3.05, 3.63) is 40.2 Å². The van der Waals surface area contributed by atoms with Gasteiger partial charge in [0, 0.05) is 19.6 Å². The highest BCUT2D eigenvalue weighted by molar-refractivity contribution is 7.89. The van der Waals surface area contributed by atoms with Crippen LogP contribution in [0.3, 0.4) is 0 Å². The zero-order valence-corrected chi connectivity index (χ0v) is 19.9. The minimum Gasteiger partial charge on any atom is -0.493 e. The summed E-state index contributed by atoms with van der Waals surface area (Å²) in [6.07, 6.45) is 4.29. The number of rotatable bonds is 9. The Morgan fingerprint density at radius 1 is 1.24 bits per heavy atom. The summed E-state index contributed by atoms with van der Waals surface area (Å²) in [6.45, 7) is 4.38. The van der Waals surface area contributed by atoms with Crippen LogP contribution in [0.15, 0.2) is 27.9 Å². The summed E-state index contributed by atoms with van der Waals surface area (Å²) < 4.78 is 40.1. The van der Waals surface area contributed by atoms with Gasteiger partial charge in [0.25, 0.3) is 0 Å². The van der Waals surface area contributed by atoms with E-state index in [1.165, 1.54) is 23.6 Å². The maximum absolute atomic E-state index is 13.0. The van der Waals surface area contributed by atoms with E-state index in [1.54, 1.807) is 13.0 Å². The predicted molar refractivity (Wildman–Crippen MR) is 123 cm³/mol. The molecule has 1 saturated carbocycles. The van der Waals surface area contributed by atoms with Crippen LogP contribution in [0.2, 0.25) is 0 Å². The SMILES string of the molecule is CCOc1ccc(S(=O)(=O)NCCOC)cc1-c1nc2c(C3CCCC3)nc(C)n2c(=O)[nH]1. The standard InChI is InChI=1S/C22H29N5O5S/c1-4-32-18-10-9-16(33(29,30)23-11-12-31-3)13-17(18)20-25-21-19(15-7-5-6-8-15)24-14(2)27(21)22(28)26-20/h9-10,13,15,23H,4-8,11-12H2,1-3H3,(H,25,26,28). The van der Waals surface area contributed by atoms with Crippen molar-refractivity contribution < 1.29 is 17.9 Å². The zero-order chi connectivity index (χ0) is 23.6. The number of H-pyrrole nitrogens is 1. The summed E-state index contributed by atoms with van der Waals surface area (Å²) in [5.74, 6) is 1.51. The molecule has 4 rings (SSSR count). The van der Waals surface area contributed by atoms with E-state index < -0.39 is 10.0 Å². The Kier molecular flexibility index (Phi) is 6.82. The molecule has 1 fully saturated rings. The van der Waals surface area contributed by atoms with Gasteiger partial charge in [0.15, 0.2) is 5.65 Å². The highest BCUT2D eigenvalue weighted by Gasteiger charge is 2.26. The van der Waals surface area contributed by atoms with Crippen LogP contribution in [0.25, 0.3) is 17.0 Å². The number of aryl methyl sites for hydroxylation is 1. The van der Waals surface area contributed by atoms with Gasteiger partial charge in [-0.3, -0.25) is 4.98 Å². The molecular formula is C22H29N5O5S. The zero-order valence-electron chi connectivity index (χ0n) is 19.1. The first kappa shape index (κ1) is 23.4. The summed E-state index contributed by atoms with van der Waals surface area (Å²) in [4.78, 5) is 25.2. The van der Waals surface area contributed by atoms with E-state index in [-0.39, 0.29) is 35.5 Å². The Hall–Kier alpha value is -2.76. The van der Waals surface area contributed by atoms with Crippen molar-refractivity contribution >= 4 is 15.7 Å². The highest BCUT2D eigenvalue weighted by atomic mass is 32.2. The van der Waals surface area contributed by atoms with Crippen molar-refractivity contribution in [2.45, 2.75) is 50.3 Å². The molecule has 0 saturated heterocycles. The number of sulfonamides is 1. The monoisotopic (exact) mass is 475 g/mol. The van der Waals surface area contributed by atoms with Gasteiger partial charge >= 0.3 is 5.69 Å². The molecule has 2 aromatic heterocycles. The number of aromatic nitrogens is 4. The first-order valence-electron chi connectivity index (χ1n) is 11.1. The Morgan fingerprint density at radius 3 is 2.70 bits per heavy atom. The van der Waals surface area contributed by atoms with E-state index in [0.29, 0.717) is 29.4 Å². The average molecular weight is 476 g/mol. The van der Waals surface area contributed by atoms with Crippen LogP contribution < -0.4 is 15.1 Å². The first-order valence-corrected chi connectivity index (χ1v) is 12.6. The molecule has 0 unspecified atom stereocenters. The van der Waals surface area contributed by atoms with Crippen molar-refractivity contribution in [3.63, 3.8) is 0 Å². The van der Waals surface area contributed by atoms with Gasteiger partial charge in [0.1, 0.15) is 17.4 Å². The molecule has 1 aliphatic rings. The molecular weight excluding hydrogens is 446 g/mol. The van der Waals surface area contributed by atoms with Crippen LogP contribution in [-0.2, 0) is 14.8 Å². The summed E-state index contributed by atoms with van der Waals surface area (Å²) in [5.41, 5.74) is 1.34. The third kappa shape index (κ3) is 4.66. The van der Waals surface area contributed by atoms with Crippen molar-refractivity contribution in [2.24, 2.45) is 0 Å². The van der Waals surface area contributed by atoms with Gasteiger partial charge in [-0.2, -0.15) is 0 Å². The van der Waals surface area contributed by atoms with Crippen LogP contribution >= 0.6 is 0 Å². The van der Waals surface area contributed by atoms with Crippen molar-refractivity contribution in [3.8, 4) is 17.1 Å². The normalized spacial score (nSPS) is 14.9. The minimum atomic E-state index is -3.79. The fourth-order valence-corrected chi connectivity index (χ4v) is 5.33. The maximum atomic E-state index is 13.0. The molecule has 0 radical (unpaired) electrons. The van der Waals surface area contributed by atoms with Crippen molar-refractivity contribution in [1.82, 2.24) is 24.1 Å². The number of aromatic amines is 1. The highest BCUT2D eigenvalue weighted by Crippen LogP contribution is 2.36. The van der Waals surface area contributed by atoms with Crippen LogP contribution in [0.5, 0.6) is 5.75 Å². The lowest BCUT2D eigenvalue weighted by Gasteiger charge is -2.13. The van der Waals surface area contributed by atoms with Gasteiger partial charge in [-0.1, -0.05) is 12.8 Å². The lowest BCUT2D eigenvalue weighted by Crippen LogP contribution is -2.27. The molecule has 0 aliphatic heterocycles. The summed E-state index contributed by atoms with van der Waals surface area (Å²) in [5, 5.41) is 0. The topological polar surface area (TPSA) is 128 Å². The van der Waals surface area contributed by atoms with Crippen LogP contribution in [0, 0.1) is 6.92 Å². The van der Waals surface area contributed by atoms with E-state index >= 15 is 0 Å². The lowest BCUT2D eigenvalue weighted by atomic mass is 10.0. The minimum absolute atomic E-state index is 0.0419. The molecule has 178 valence electrons. The van der Waals surface area contributed by atoms with Crippen LogP contribution in [-0.4, -0.2) is 54.6 Å². The van der Waals surface area contributed by atoms with E-state index in [9.17, 15) is 13.2 Å². The van der Waals surface area contributed by atoms with Crippen LogP contribution in [0.1, 0.15) is 50.0 Å². The molecule has 1 aromatic carbocycles. The van der Waals surface area contributed by atoms with Gasteiger partial charge in [0.05, 0.1) is 29.4 Å². The van der Waals surface area contributed by atoms with E-state index in [4.69, 9.17) is 14.5 Å². The van der Waals surface area contributed by atoms with Crippen molar-refractivity contribution in [2.75, 3.05) is 26.9 Å². The van der Waals surface area contributed by atoms with E-state index in [1.807, 2.05) is 6.92 Å². The lowest BCUT2D eigenvalue weighted by molar-refractivity contribution is 0.204. The molecule has 33 heavy (non-hydrogen) atoms. The third-order valence-corrected chi connectivity index (χ3v) is 7.31. The fraction of sp³-hybridized carbons (Fsp3) is 0.500. The number of methoxy groups -OCH3 is 1. The third-order valence-electron chi connectivity index (χ3n) is 5.85. The van der Waals surface area contributed by atoms with Gasteiger partial charge in [0.2, 0.25) is 10.0 Å². The number of hydrogen-bond acceptors (Lipinski definition) is 7. The molecule has 0 spiro atoms. The molecule has 2 N–H and O–H groups in total. The summed E-state index contributed by atoms with van der Waals surface area (Å²) in [7, 11) is -2.29. The molecule has 0 amide bonds. The molecule has 2 heterocycles. The molecule has 1 aliphatic carbocycles.